The van der Waals surface area contributed by atoms with E-state index in [0.29, 0.717) is 19.6 Å². The van der Waals surface area contributed by atoms with Gasteiger partial charge >= 0.3 is 6.03 Å². The number of aromatic hydroxyl groups is 1. The average molecular weight is 654 g/mol. The van der Waals surface area contributed by atoms with Crippen LogP contribution in [0.15, 0.2) is 85.5 Å². The van der Waals surface area contributed by atoms with Crippen LogP contribution in [0.4, 0.5) is 4.79 Å². The van der Waals surface area contributed by atoms with Gasteiger partial charge in [0.25, 0.3) is 0 Å². The van der Waals surface area contributed by atoms with Crippen molar-refractivity contribution in [3.05, 3.63) is 113 Å². The number of carbonyl (C=O) groups excluding carboxylic acids is 3. The molecule has 9 nitrogen and oxygen atoms in total. The van der Waals surface area contributed by atoms with Gasteiger partial charge in [-0.1, -0.05) is 108 Å². The highest BCUT2D eigenvalue weighted by atomic mass is 16.3. The van der Waals surface area contributed by atoms with E-state index >= 15 is 0 Å². The van der Waals surface area contributed by atoms with Crippen LogP contribution in [0, 0.1) is 0 Å². The van der Waals surface area contributed by atoms with Gasteiger partial charge in [-0.15, -0.1) is 6.58 Å². The minimum Gasteiger partial charge on any atom is -0.508 e. The van der Waals surface area contributed by atoms with Crippen LogP contribution in [0.1, 0.15) is 69.4 Å². The summed E-state index contributed by atoms with van der Waals surface area (Å²) in [6.07, 6.45) is 1.07. The number of urea groups is 1. The van der Waals surface area contributed by atoms with E-state index in [4.69, 9.17) is 0 Å². The van der Waals surface area contributed by atoms with Crippen molar-refractivity contribution in [3.63, 3.8) is 0 Å². The lowest BCUT2D eigenvalue weighted by Gasteiger charge is -2.46. The number of hydrogen-bond donors (Lipinski definition) is 4. The van der Waals surface area contributed by atoms with Crippen molar-refractivity contribution in [2.24, 2.45) is 0 Å². The van der Waals surface area contributed by atoms with Gasteiger partial charge in [-0.05, 0) is 50.8 Å². The number of nitrogens with one attached hydrogen (secondary N) is 3. The summed E-state index contributed by atoms with van der Waals surface area (Å²) < 4.78 is 0. The molecule has 1 aliphatic rings. The summed E-state index contributed by atoms with van der Waals surface area (Å²) in [5, 5.41) is 18.9. The van der Waals surface area contributed by atoms with E-state index in [2.05, 4.69) is 82.3 Å². The Hall–Kier alpha value is -4.63. The summed E-state index contributed by atoms with van der Waals surface area (Å²) in [5.74, 6) is -0.409. The lowest BCUT2D eigenvalue weighted by atomic mass is 9.79. The number of phenols is 1. The van der Waals surface area contributed by atoms with E-state index in [1.165, 1.54) is 16.0 Å². The summed E-state index contributed by atoms with van der Waals surface area (Å²) in [7, 11) is 0. The number of rotatable bonds is 11. The van der Waals surface area contributed by atoms with E-state index < -0.39 is 18.2 Å². The lowest BCUT2D eigenvalue weighted by Crippen LogP contribution is -2.69. The number of benzene rings is 3. The Morgan fingerprint density at radius 3 is 2.10 bits per heavy atom. The van der Waals surface area contributed by atoms with Crippen LogP contribution in [0.25, 0.3) is 0 Å². The normalized spacial score (nSPS) is 16.8. The van der Waals surface area contributed by atoms with Gasteiger partial charge in [-0.2, -0.15) is 0 Å². The molecule has 0 aromatic heterocycles. The first-order valence-electron chi connectivity index (χ1n) is 16.6. The van der Waals surface area contributed by atoms with Gasteiger partial charge in [0.1, 0.15) is 18.0 Å². The van der Waals surface area contributed by atoms with Crippen molar-refractivity contribution >= 4 is 17.8 Å². The first-order valence-corrected chi connectivity index (χ1v) is 16.6. The number of piperazine rings is 1. The standard InChI is InChI=1S/C39H51N5O4/c1-8-18-40-24-35(46)44-33(21-27-14-16-32(45)17-15-27)36(47)43(26-34(44)42-37(48)41-23-28-12-10-9-11-13-28)25-29-19-30(38(2,3)4)22-31(20-29)39(5,6)7/h8-17,19-20,22,33-34,40,45H,1,18,21,23-26H2,2-7H3,(H2,41,42,48)/t33-,34+/m0/s1. The monoisotopic (exact) mass is 653 g/mol. The van der Waals surface area contributed by atoms with E-state index in [-0.39, 0.29) is 47.9 Å². The lowest BCUT2D eigenvalue weighted by molar-refractivity contribution is -0.157. The Labute approximate surface area is 285 Å². The quantitative estimate of drug-likeness (QED) is 0.164. The first-order chi connectivity index (χ1) is 22.7. The van der Waals surface area contributed by atoms with Crippen molar-refractivity contribution < 1.29 is 19.5 Å². The summed E-state index contributed by atoms with van der Waals surface area (Å²) in [6.45, 7) is 17.9. The van der Waals surface area contributed by atoms with Crippen molar-refractivity contribution in [1.82, 2.24) is 25.8 Å². The Morgan fingerprint density at radius 1 is 0.896 bits per heavy atom. The van der Waals surface area contributed by atoms with Crippen LogP contribution in [0.2, 0.25) is 0 Å². The molecule has 4 rings (SSSR count). The summed E-state index contributed by atoms with van der Waals surface area (Å²) >= 11 is 0. The van der Waals surface area contributed by atoms with Crippen molar-refractivity contribution in [1.29, 1.82) is 0 Å². The highest BCUT2D eigenvalue weighted by Crippen LogP contribution is 2.32. The molecule has 1 heterocycles. The SMILES string of the molecule is C=CCNCC(=O)N1[C@@H](NC(=O)NCc2ccccc2)CN(Cc2cc(C(C)(C)C)cc(C(C)(C)C)c2)C(=O)[C@@H]1Cc1ccc(O)cc1. The van der Waals surface area contributed by atoms with Gasteiger partial charge in [-0.3, -0.25) is 9.59 Å². The Bertz CT molecular complexity index is 1540. The molecule has 0 spiro atoms. The molecule has 4 amide bonds. The zero-order valence-corrected chi connectivity index (χ0v) is 29.2. The van der Waals surface area contributed by atoms with Crippen molar-refractivity contribution in [2.75, 3.05) is 19.6 Å². The maximum Gasteiger partial charge on any atom is 0.316 e. The molecule has 4 N–H and O–H groups in total. The third kappa shape index (κ3) is 9.70. The van der Waals surface area contributed by atoms with Gasteiger partial charge in [0.2, 0.25) is 11.8 Å². The topological polar surface area (TPSA) is 114 Å². The fourth-order valence-corrected chi connectivity index (χ4v) is 5.80. The summed E-state index contributed by atoms with van der Waals surface area (Å²) in [5.41, 5.74) is 4.85. The molecule has 2 atom stereocenters. The van der Waals surface area contributed by atoms with E-state index in [9.17, 15) is 19.5 Å². The fraction of sp³-hybridized carbons (Fsp3) is 0.410. The second-order valence-corrected chi connectivity index (χ2v) is 14.6. The number of amides is 4. The van der Waals surface area contributed by atoms with E-state index in [0.717, 1.165) is 16.7 Å². The molecule has 3 aromatic rings. The first kappa shape index (κ1) is 36.2. The number of hydrogen-bond acceptors (Lipinski definition) is 5. The summed E-state index contributed by atoms with van der Waals surface area (Å²) in [4.78, 5) is 44.9. The Kier molecular flexibility index (Phi) is 11.7. The number of carbonyl (C=O) groups is 3. The van der Waals surface area contributed by atoms with Crippen molar-refractivity contribution in [3.8, 4) is 5.75 Å². The van der Waals surface area contributed by atoms with Crippen LogP contribution < -0.4 is 16.0 Å². The van der Waals surface area contributed by atoms with Gasteiger partial charge in [0.05, 0.1) is 13.1 Å². The predicted molar refractivity (Wildman–Crippen MR) is 190 cm³/mol. The molecular weight excluding hydrogens is 602 g/mol. The molecule has 48 heavy (non-hydrogen) atoms. The second-order valence-electron chi connectivity index (χ2n) is 14.6. The third-order valence-corrected chi connectivity index (χ3v) is 8.57. The largest absolute Gasteiger partial charge is 0.508 e. The molecule has 1 fully saturated rings. The number of phenolic OH excluding ortho intramolecular Hbond substituents is 1. The highest BCUT2D eigenvalue weighted by Gasteiger charge is 2.43. The molecule has 0 saturated carbocycles. The maximum absolute atomic E-state index is 14.5. The third-order valence-electron chi connectivity index (χ3n) is 8.57. The van der Waals surface area contributed by atoms with Crippen LogP contribution in [0.3, 0.4) is 0 Å². The van der Waals surface area contributed by atoms with Gasteiger partial charge in [0.15, 0.2) is 0 Å². The molecule has 0 aliphatic carbocycles. The zero-order valence-electron chi connectivity index (χ0n) is 29.2. The fourth-order valence-electron chi connectivity index (χ4n) is 5.80. The zero-order chi connectivity index (χ0) is 35.1. The molecule has 3 aromatic carbocycles. The predicted octanol–water partition coefficient (Wildman–Crippen LogP) is 5.37. The van der Waals surface area contributed by atoms with Gasteiger partial charge < -0.3 is 30.9 Å². The van der Waals surface area contributed by atoms with Gasteiger partial charge in [0, 0.05) is 26.1 Å². The minimum atomic E-state index is -0.895. The molecule has 0 radical (unpaired) electrons. The average Bonchev–Trinajstić information content (AvgIpc) is 3.03. The number of nitrogens with zero attached hydrogens (tertiary/aromatic N) is 2. The van der Waals surface area contributed by atoms with Gasteiger partial charge in [-0.25, -0.2) is 4.79 Å². The van der Waals surface area contributed by atoms with Crippen LogP contribution in [0.5, 0.6) is 5.75 Å². The molecule has 1 aliphatic heterocycles. The second kappa shape index (κ2) is 15.5. The van der Waals surface area contributed by atoms with Crippen LogP contribution in [-0.4, -0.2) is 64.6 Å². The molecule has 9 heteroatoms. The molecule has 1 saturated heterocycles. The summed E-state index contributed by atoms with van der Waals surface area (Å²) in [6, 6.07) is 21.4. The van der Waals surface area contributed by atoms with E-state index in [1.54, 1.807) is 35.2 Å². The van der Waals surface area contributed by atoms with Crippen LogP contribution >= 0.6 is 0 Å². The minimum absolute atomic E-state index is 0.0300. The molecular formula is C39H51N5O4. The molecule has 256 valence electrons. The molecule has 0 bridgehead atoms. The Morgan fingerprint density at radius 2 is 1.52 bits per heavy atom. The van der Waals surface area contributed by atoms with E-state index in [1.807, 2.05) is 30.3 Å². The smallest absolute Gasteiger partial charge is 0.316 e. The maximum atomic E-state index is 14.5. The highest BCUT2D eigenvalue weighted by molar-refractivity contribution is 5.91. The van der Waals surface area contributed by atoms with Crippen molar-refractivity contribution in [2.45, 2.75) is 84.1 Å². The van der Waals surface area contributed by atoms with Crippen LogP contribution in [-0.2, 0) is 39.9 Å². The molecule has 0 unspecified atom stereocenters. The Balaban J connectivity index is 1.71.